The van der Waals surface area contributed by atoms with Crippen LogP contribution in [0, 0.1) is 5.82 Å². The molecular formula is C31H48FN5O6SSi. The molecule has 4 heterocycles. The summed E-state index contributed by atoms with van der Waals surface area (Å²) in [6.07, 6.45) is 9.60. The van der Waals surface area contributed by atoms with Crippen LogP contribution in [0.1, 0.15) is 70.6 Å². The molecule has 2 unspecified atom stereocenters. The highest BCUT2D eigenvalue weighted by atomic mass is 32.2. The van der Waals surface area contributed by atoms with E-state index in [0.717, 1.165) is 31.5 Å². The number of unbranched alkanes of at least 4 members (excludes halogenated alkanes) is 2. The number of oxazole rings is 1. The molecule has 1 saturated heterocycles. The van der Waals surface area contributed by atoms with Gasteiger partial charge < -0.3 is 32.5 Å². The maximum Gasteiger partial charge on any atom is 0.255 e. The van der Waals surface area contributed by atoms with Gasteiger partial charge in [-0.05, 0) is 39.7 Å². The van der Waals surface area contributed by atoms with E-state index in [0.29, 0.717) is 61.5 Å². The zero-order valence-corrected chi connectivity index (χ0v) is 29.4. The van der Waals surface area contributed by atoms with E-state index in [4.69, 9.17) is 28.3 Å². The molecule has 45 heavy (non-hydrogen) atoms. The Labute approximate surface area is 269 Å². The smallest absolute Gasteiger partial charge is 0.255 e. The average molecular weight is 666 g/mol. The lowest BCUT2D eigenvalue weighted by atomic mass is 10.0. The lowest BCUT2D eigenvalue weighted by molar-refractivity contribution is -0.187. The third-order valence-electron chi connectivity index (χ3n) is 7.55. The van der Waals surface area contributed by atoms with E-state index in [2.05, 4.69) is 34.3 Å². The topological polar surface area (TPSA) is 129 Å². The highest BCUT2D eigenvalue weighted by Crippen LogP contribution is 2.36. The summed E-state index contributed by atoms with van der Waals surface area (Å²) in [6, 6.07) is 2.16. The molecule has 0 spiro atoms. The van der Waals surface area contributed by atoms with Crippen LogP contribution >= 0.6 is 0 Å². The number of rotatable bonds is 17. The number of nitrogens with one attached hydrogen (secondary N) is 1. The summed E-state index contributed by atoms with van der Waals surface area (Å²) in [4.78, 5) is 13.0. The summed E-state index contributed by atoms with van der Waals surface area (Å²) in [5, 5.41) is 0. The number of ether oxygens (including phenoxy) is 4. The van der Waals surface area contributed by atoms with Gasteiger partial charge in [0.15, 0.2) is 5.82 Å². The van der Waals surface area contributed by atoms with Crippen molar-refractivity contribution >= 4 is 19.4 Å². The quantitative estimate of drug-likeness (QED) is 0.0991. The van der Waals surface area contributed by atoms with E-state index < -0.39 is 35.8 Å². The largest absolute Gasteiger partial charge is 0.598 e. The van der Waals surface area contributed by atoms with Crippen molar-refractivity contribution in [3.8, 4) is 17.1 Å². The molecule has 3 aromatic heterocycles. The van der Waals surface area contributed by atoms with E-state index in [1.54, 1.807) is 18.5 Å². The molecule has 14 heteroatoms. The molecule has 0 amide bonds. The van der Waals surface area contributed by atoms with Gasteiger partial charge in [0.05, 0.1) is 44.6 Å². The van der Waals surface area contributed by atoms with E-state index in [1.165, 1.54) is 13.4 Å². The fourth-order valence-electron chi connectivity index (χ4n) is 4.95. The first-order valence-corrected chi connectivity index (χ1v) is 20.4. The molecule has 2 atom stereocenters. The van der Waals surface area contributed by atoms with Crippen LogP contribution < -0.4 is 9.46 Å². The van der Waals surface area contributed by atoms with Crippen LogP contribution in [0.4, 0.5) is 4.39 Å². The summed E-state index contributed by atoms with van der Waals surface area (Å²) < 4.78 is 62.0. The normalized spacial score (nSPS) is 16.6. The maximum absolute atomic E-state index is 15.2. The van der Waals surface area contributed by atoms with Crippen molar-refractivity contribution in [2.45, 2.75) is 102 Å². The third-order valence-corrected chi connectivity index (χ3v) is 10.9. The van der Waals surface area contributed by atoms with Crippen LogP contribution in [0.5, 0.6) is 5.88 Å². The molecule has 4 rings (SSSR count). The molecule has 3 aromatic rings. The Bertz CT molecular complexity index is 1340. The number of halogens is 1. The Balaban J connectivity index is 1.56. The van der Waals surface area contributed by atoms with Crippen LogP contribution in [-0.4, -0.2) is 63.8 Å². The fourth-order valence-corrected chi connectivity index (χ4v) is 6.54. The number of nitrogens with zero attached hydrogens (tertiary/aromatic N) is 4. The van der Waals surface area contributed by atoms with Crippen molar-refractivity contribution in [2.24, 2.45) is 0 Å². The Hall–Kier alpha value is -2.33. The molecule has 1 N–H and O–H groups in total. The summed E-state index contributed by atoms with van der Waals surface area (Å²) >= 11 is -1.38. The molecule has 0 radical (unpaired) electrons. The Morgan fingerprint density at radius 2 is 1.89 bits per heavy atom. The zero-order chi connectivity index (χ0) is 32.7. The standard InChI is InChI=1S/C31H48FN5O6SSi/c1-30(2,3)44(38)36-25(11-9-8-10-12-31(42-15-16-43-31)29-33-13-14-41-29)28-35-21-26(23-19-27(39-4)34-20-24(23)32)37(28)22-40-17-18-45(5,6)7/h13-14,19-21,25,36H,8-12,15-18,22H2,1-7H3. The minimum absolute atomic E-state index is 0.174. The van der Waals surface area contributed by atoms with E-state index in [9.17, 15) is 4.55 Å². The minimum atomic E-state index is -1.38. The second-order valence-corrected chi connectivity index (χ2v) is 21.0. The van der Waals surface area contributed by atoms with Gasteiger partial charge in [-0.2, -0.15) is 0 Å². The first kappa shape index (κ1) is 35.5. The van der Waals surface area contributed by atoms with Gasteiger partial charge in [-0.15, -0.1) is 4.72 Å². The highest BCUT2D eigenvalue weighted by Gasteiger charge is 2.42. The Morgan fingerprint density at radius 1 is 1.13 bits per heavy atom. The van der Waals surface area contributed by atoms with Gasteiger partial charge in [-0.1, -0.05) is 32.5 Å². The monoisotopic (exact) mass is 665 g/mol. The molecule has 1 fully saturated rings. The summed E-state index contributed by atoms with van der Waals surface area (Å²) in [6.45, 7) is 14.4. The fraction of sp³-hybridized carbons (Fsp3) is 0.645. The van der Waals surface area contributed by atoms with Crippen molar-refractivity contribution in [1.29, 1.82) is 0 Å². The number of aromatic nitrogens is 4. The third kappa shape index (κ3) is 9.59. The van der Waals surface area contributed by atoms with E-state index in [1.807, 2.05) is 25.3 Å². The second kappa shape index (κ2) is 15.5. The molecule has 11 nitrogen and oxygen atoms in total. The summed E-state index contributed by atoms with van der Waals surface area (Å²) in [5.41, 5.74) is 0.839. The number of pyridine rings is 1. The zero-order valence-electron chi connectivity index (χ0n) is 27.6. The Kier molecular flexibility index (Phi) is 12.2. The van der Waals surface area contributed by atoms with Crippen LogP contribution in [-0.2, 0) is 38.1 Å². The van der Waals surface area contributed by atoms with Gasteiger partial charge in [0.25, 0.3) is 5.89 Å². The van der Waals surface area contributed by atoms with Crippen molar-refractivity contribution in [3.63, 3.8) is 0 Å². The number of methoxy groups -OCH3 is 1. The van der Waals surface area contributed by atoms with Gasteiger partial charge in [-0.25, -0.2) is 19.3 Å². The summed E-state index contributed by atoms with van der Waals surface area (Å²) in [5.74, 6) is -0.0947. The van der Waals surface area contributed by atoms with Gasteiger partial charge in [0.1, 0.15) is 29.6 Å². The second-order valence-electron chi connectivity index (χ2n) is 13.4. The molecule has 1 aliphatic heterocycles. The predicted molar refractivity (Wildman–Crippen MR) is 173 cm³/mol. The highest BCUT2D eigenvalue weighted by molar-refractivity contribution is 7.90. The average Bonchev–Trinajstić information content (AvgIpc) is 3.76. The van der Waals surface area contributed by atoms with Gasteiger partial charge in [-0.3, -0.25) is 0 Å². The van der Waals surface area contributed by atoms with Gasteiger partial charge in [0, 0.05) is 44.1 Å². The molecule has 0 bridgehead atoms. The predicted octanol–water partition coefficient (Wildman–Crippen LogP) is 6.34. The Morgan fingerprint density at radius 3 is 2.53 bits per heavy atom. The molecular weight excluding hydrogens is 618 g/mol. The number of hydrogen-bond acceptors (Lipinski definition) is 10. The molecule has 0 saturated carbocycles. The van der Waals surface area contributed by atoms with Gasteiger partial charge in [0.2, 0.25) is 11.7 Å². The first-order valence-electron chi connectivity index (χ1n) is 15.5. The summed E-state index contributed by atoms with van der Waals surface area (Å²) in [7, 11) is 0.162. The van der Waals surface area contributed by atoms with Crippen LogP contribution in [0.25, 0.3) is 11.3 Å². The molecule has 0 aromatic carbocycles. The SMILES string of the molecule is COc1cc(-c2cnc(C(CCCCCC3(c4ncco4)OCCO3)N[S+]([O-])C(C)(C)C)n2COCC[Si](C)(C)C)c(F)cn1. The van der Waals surface area contributed by atoms with Gasteiger partial charge >= 0.3 is 0 Å². The maximum atomic E-state index is 15.2. The lowest BCUT2D eigenvalue weighted by Crippen LogP contribution is -2.42. The molecule has 250 valence electrons. The molecule has 0 aliphatic carbocycles. The molecule has 1 aliphatic rings. The lowest BCUT2D eigenvalue weighted by Gasteiger charge is -2.28. The van der Waals surface area contributed by atoms with Crippen LogP contribution in [0.15, 0.2) is 35.3 Å². The van der Waals surface area contributed by atoms with Crippen LogP contribution in [0.3, 0.4) is 0 Å². The number of imidazole rings is 1. The number of hydrogen-bond donors (Lipinski definition) is 1. The van der Waals surface area contributed by atoms with E-state index in [-0.39, 0.29) is 12.8 Å². The van der Waals surface area contributed by atoms with Crippen LogP contribution in [0.2, 0.25) is 25.7 Å². The minimum Gasteiger partial charge on any atom is -0.598 e. The van der Waals surface area contributed by atoms with Crippen molar-refractivity contribution < 1.29 is 32.3 Å². The van der Waals surface area contributed by atoms with E-state index >= 15 is 4.39 Å². The van der Waals surface area contributed by atoms with Crippen molar-refractivity contribution in [3.05, 3.63) is 48.5 Å². The van der Waals surface area contributed by atoms with Crippen molar-refractivity contribution in [1.82, 2.24) is 24.2 Å². The van der Waals surface area contributed by atoms with Crippen molar-refractivity contribution in [2.75, 3.05) is 26.9 Å². The first-order chi connectivity index (χ1) is 21.3.